The number of aliphatic hydroxyl groups excluding tert-OH is 1. The second-order valence-electron chi connectivity index (χ2n) is 4.98. The van der Waals surface area contributed by atoms with E-state index in [2.05, 4.69) is 10.3 Å². The van der Waals surface area contributed by atoms with E-state index in [0.29, 0.717) is 6.42 Å². The summed E-state index contributed by atoms with van der Waals surface area (Å²) in [5.41, 5.74) is 1.24. The average molecular weight is 261 g/mol. The number of amides is 1. The van der Waals surface area contributed by atoms with Crippen LogP contribution in [0.2, 0.25) is 0 Å². The van der Waals surface area contributed by atoms with Gasteiger partial charge in [-0.15, -0.1) is 0 Å². The number of carbonyl (C=O) groups excluding carboxylic acids is 1. The van der Waals surface area contributed by atoms with Crippen LogP contribution in [0.15, 0.2) is 30.6 Å². The smallest absolute Gasteiger partial charge is 0.240 e. The summed E-state index contributed by atoms with van der Waals surface area (Å²) in [5, 5.41) is 12.2. The van der Waals surface area contributed by atoms with Crippen molar-refractivity contribution < 1.29 is 9.90 Å². The van der Waals surface area contributed by atoms with Crippen molar-refractivity contribution in [3.8, 4) is 0 Å². The average Bonchev–Trinajstić information content (AvgIpc) is 2.82. The van der Waals surface area contributed by atoms with E-state index in [1.54, 1.807) is 10.9 Å². The number of carbonyl (C=O) groups is 1. The number of hydrogen-bond acceptors (Lipinski definition) is 3. The van der Waals surface area contributed by atoms with Gasteiger partial charge in [-0.05, 0) is 25.5 Å². The highest BCUT2D eigenvalue weighted by Gasteiger charge is 2.23. The maximum absolute atomic E-state index is 12.0. The number of aromatic nitrogens is 2. The summed E-state index contributed by atoms with van der Waals surface area (Å²) in [7, 11) is 0. The lowest BCUT2D eigenvalue weighted by molar-refractivity contribution is -0.124. The van der Waals surface area contributed by atoms with Crippen LogP contribution in [0.1, 0.15) is 20.3 Å². The molecule has 1 heterocycles. The zero-order valence-corrected chi connectivity index (χ0v) is 11.3. The van der Waals surface area contributed by atoms with Crippen molar-refractivity contribution in [1.29, 1.82) is 0 Å². The van der Waals surface area contributed by atoms with Crippen molar-refractivity contribution in [3.63, 3.8) is 0 Å². The number of hydrogen-bond donors (Lipinski definition) is 2. The predicted molar refractivity (Wildman–Crippen MR) is 73.7 cm³/mol. The van der Waals surface area contributed by atoms with Gasteiger partial charge in [0.15, 0.2) is 0 Å². The normalized spacial score (nSPS) is 14.3. The summed E-state index contributed by atoms with van der Waals surface area (Å²) in [4.78, 5) is 16.3. The molecule has 0 aliphatic carbocycles. The third kappa shape index (κ3) is 2.93. The molecule has 2 aromatic rings. The number of fused-ring (bicyclic) bond motifs is 1. The van der Waals surface area contributed by atoms with Crippen LogP contribution in [0.4, 0.5) is 0 Å². The van der Waals surface area contributed by atoms with Gasteiger partial charge in [0.2, 0.25) is 5.91 Å². The van der Waals surface area contributed by atoms with Crippen molar-refractivity contribution in [2.45, 2.75) is 32.4 Å². The zero-order chi connectivity index (χ0) is 13.9. The molecule has 0 bridgehead atoms. The maximum atomic E-state index is 12.0. The second-order valence-corrected chi connectivity index (χ2v) is 4.98. The quantitative estimate of drug-likeness (QED) is 0.853. The van der Waals surface area contributed by atoms with Gasteiger partial charge in [-0.1, -0.05) is 19.1 Å². The van der Waals surface area contributed by atoms with Crippen LogP contribution < -0.4 is 5.32 Å². The molecule has 0 aliphatic rings. The van der Waals surface area contributed by atoms with E-state index >= 15 is 0 Å². The number of imidazole rings is 1. The Hall–Kier alpha value is -1.88. The monoisotopic (exact) mass is 261 g/mol. The third-order valence-electron chi connectivity index (χ3n) is 3.41. The molecule has 0 spiro atoms. The molecule has 1 atom stereocenters. The SMILES string of the molecule is CCC(C)(CO)NC(=O)Cn1cnc2ccccc21. The molecule has 19 heavy (non-hydrogen) atoms. The molecule has 1 aromatic heterocycles. The Kier molecular flexibility index (Phi) is 3.85. The fraction of sp³-hybridized carbons (Fsp3) is 0.429. The van der Waals surface area contributed by atoms with Crippen molar-refractivity contribution in [1.82, 2.24) is 14.9 Å². The first kappa shape index (κ1) is 13.5. The molecule has 5 heteroatoms. The van der Waals surface area contributed by atoms with E-state index in [1.807, 2.05) is 38.1 Å². The van der Waals surface area contributed by atoms with Gasteiger partial charge < -0.3 is 15.0 Å². The Morgan fingerprint density at radius 3 is 2.89 bits per heavy atom. The van der Waals surface area contributed by atoms with Crippen LogP contribution in [-0.4, -0.2) is 32.7 Å². The van der Waals surface area contributed by atoms with Gasteiger partial charge in [0, 0.05) is 0 Å². The molecule has 2 rings (SSSR count). The largest absolute Gasteiger partial charge is 0.394 e. The molecule has 2 N–H and O–H groups in total. The standard InChI is InChI=1S/C14H19N3O2/c1-3-14(2,9-18)16-13(19)8-17-10-15-11-6-4-5-7-12(11)17/h4-7,10,18H,3,8-9H2,1-2H3,(H,16,19). The fourth-order valence-corrected chi connectivity index (χ4v) is 1.91. The molecular formula is C14H19N3O2. The van der Waals surface area contributed by atoms with Crippen LogP contribution in [-0.2, 0) is 11.3 Å². The Morgan fingerprint density at radius 1 is 1.47 bits per heavy atom. The minimum atomic E-state index is -0.562. The molecule has 102 valence electrons. The van der Waals surface area contributed by atoms with Crippen LogP contribution in [0.5, 0.6) is 0 Å². The minimum absolute atomic E-state index is 0.0695. The highest BCUT2D eigenvalue weighted by molar-refractivity contribution is 5.80. The number of aliphatic hydroxyl groups is 1. The Balaban J connectivity index is 2.11. The topological polar surface area (TPSA) is 67.2 Å². The first-order valence-corrected chi connectivity index (χ1v) is 6.40. The van der Waals surface area contributed by atoms with Crippen LogP contribution in [0.3, 0.4) is 0 Å². The lowest BCUT2D eigenvalue weighted by Gasteiger charge is -2.27. The molecule has 5 nitrogen and oxygen atoms in total. The van der Waals surface area contributed by atoms with E-state index < -0.39 is 5.54 Å². The van der Waals surface area contributed by atoms with Gasteiger partial charge in [-0.25, -0.2) is 4.98 Å². The first-order valence-electron chi connectivity index (χ1n) is 6.40. The first-order chi connectivity index (χ1) is 9.08. The molecule has 1 amide bonds. The van der Waals surface area contributed by atoms with Crippen molar-refractivity contribution in [2.24, 2.45) is 0 Å². The number of para-hydroxylation sites is 2. The van der Waals surface area contributed by atoms with Gasteiger partial charge in [-0.3, -0.25) is 4.79 Å². The molecule has 0 fully saturated rings. The summed E-state index contributed by atoms with van der Waals surface area (Å²) in [6.07, 6.45) is 2.34. The summed E-state index contributed by atoms with van der Waals surface area (Å²) in [5.74, 6) is -0.124. The van der Waals surface area contributed by atoms with Gasteiger partial charge in [0.05, 0.1) is 29.5 Å². The van der Waals surface area contributed by atoms with E-state index in [9.17, 15) is 9.90 Å². The lowest BCUT2D eigenvalue weighted by Crippen LogP contribution is -2.49. The number of benzene rings is 1. The van der Waals surface area contributed by atoms with Gasteiger partial charge >= 0.3 is 0 Å². The second kappa shape index (κ2) is 5.40. The zero-order valence-electron chi connectivity index (χ0n) is 11.3. The molecule has 0 saturated carbocycles. The van der Waals surface area contributed by atoms with E-state index in [1.165, 1.54) is 0 Å². The highest BCUT2D eigenvalue weighted by Crippen LogP contribution is 2.12. The van der Waals surface area contributed by atoms with Gasteiger partial charge in [0.25, 0.3) is 0 Å². The van der Waals surface area contributed by atoms with Gasteiger partial charge in [0.1, 0.15) is 6.54 Å². The summed E-state index contributed by atoms with van der Waals surface area (Å²) < 4.78 is 1.80. The Labute approximate surface area is 112 Å². The predicted octanol–water partition coefficient (Wildman–Crippen LogP) is 1.31. The Bertz CT molecular complexity index is 573. The minimum Gasteiger partial charge on any atom is -0.394 e. The lowest BCUT2D eigenvalue weighted by atomic mass is 10.0. The number of nitrogens with one attached hydrogen (secondary N) is 1. The maximum Gasteiger partial charge on any atom is 0.240 e. The van der Waals surface area contributed by atoms with Crippen molar-refractivity contribution in [3.05, 3.63) is 30.6 Å². The molecule has 0 radical (unpaired) electrons. The summed E-state index contributed by atoms with van der Waals surface area (Å²) >= 11 is 0. The van der Waals surface area contributed by atoms with E-state index in [4.69, 9.17) is 0 Å². The fourth-order valence-electron chi connectivity index (χ4n) is 1.91. The summed E-state index contributed by atoms with van der Waals surface area (Å²) in [6.45, 7) is 3.90. The van der Waals surface area contributed by atoms with Crippen molar-refractivity contribution in [2.75, 3.05) is 6.61 Å². The van der Waals surface area contributed by atoms with Crippen LogP contribution in [0, 0.1) is 0 Å². The van der Waals surface area contributed by atoms with Crippen molar-refractivity contribution >= 4 is 16.9 Å². The molecule has 0 aliphatic heterocycles. The third-order valence-corrected chi connectivity index (χ3v) is 3.41. The molecule has 1 aromatic carbocycles. The highest BCUT2D eigenvalue weighted by atomic mass is 16.3. The van der Waals surface area contributed by atoms with Gasteiger partial charge in [-0.2, -0.15) is 0 Å². The Morgan fingerprint density at radius 2 is 2.21 bits per heavy atom. The molecule has 1 unspecified atom stereocenters. The molecule has 0 saturated heterocycles. The van der Waals surface area contributed by atoms with E-state index in [0.717, 1.165) is 11.0 Å². The summed E-state index contributed by atoms with van der Waals surface area (Å²) in [6, 6.07) is 7.68. The van der Waals surface area contributed by atoms with Crippen LogP contribution in [0.25, 0.3) is 11.0 Å². The number of nitrogens with zero attached hydrogens (tertiary/aromatic N) is 2. The molecular weight excluding hydrogens is 242 g/mol. The van der Waals surface area contributed by atoms with Crippen LogP contribution >= 0.6 is 0 Å². The van der Waals surface area contributed by atoms with E-state index in [-0.39, 0.29) is 19.1 Å². The number of rotatable bonds is 5.